The first kappa shape index (κ1) is 18.2. The molecule has 1 atom stereocenters. The minimum atomic E-state index is -0.656. The van der Waals surface area contributed by atoms with Gasteiger partial charge in [0.25, 0.3) is 5.69 Å². The molecule has 7 nitrogen and oxygen atoms in total. The molecule has 1 aromatic rings. The van der Waals surface area contributed by atoms with Crippen LogP contribution in [0.2, 0.25) is 0 Å². The number of hydrogen-bond donors (Lipinski definition) is 1. The predicted molar refractivity (Wildman–Crippen MR) is 89.8 cm³/mol. The van der Waals surface area contributed by atoms with E-state index < -0.39 is 10.3 Å². The van der Waals surface area contributed by atoms with Crippen molar-refractivity contribution in [2.45, 2.75) is 33.3 Å². The van der Waals surface area contributed by atoms with Crippen molar-refractivity contribution in [1.29, 1.82) is 0 Å². The first-order valence-corrected chi connectivity index (χ1v) is 8.02. The minimum Gasteiger partial charge on any atom is -0.469 e. The van der Waals surface area contributed by atoms with Crippen LogP contribution in [0.1, 0.15) is 32.3 Å². The zero-order chi connectivity index (χ0) is 17.9. The molecule has 1 aliphatic heterocycles. The molecule has 1 fully saturated rings. The highest BCUT2D eigenvalue weighted by molar-refractivity contribution is 5.76. The van der Waals surface area contributed by atoms with Crippen LogP contribution in [0, 0.1) is 21.4 Å². The van der Waals surface area contributed by atoms with Crippen LogP contribution in [0.25, 0.3) is 0 Å². The minimum absolute atomic E-state index is 0.0173. The fourth-order valence-corrected chi connectivity index (χ4v) is 3.29. The van der Waals surface area contributed by atoms with Crippen LogP contribution in [0.3, 0.4) is 0 Å². The van der Waals surface area contributed by atoms with Crippen molar-refractivity contribution in [2.75, 3.05) is 25.1 Å². The molecule has 1 heterocycles. The summed E-state index contributed by atoms with van der Waals surface area (Å²) in [6.45, 7) is 4.76. The lowest BCUT2D eigenvalue weighted by atomic mass is 9.74. The van der Waals surface area contributed by atoms with Crippen molar-refractivity contribution in [3.8, 4) is 0 Å². The van der Waals surface area contributed by atoms with E-state index in [1.807, 2.05) is 18.7 Å². The Kier molecular flexibility index (Phi) is 5.43. The van der Waals surface area contributed by atoms with Crippen LogP contribution >= 0.6 is 0 Å². The van der Waals surface area contributed by atoms with Crippen molar-refractivity contribution in [3.63, 3.8) is 0 Å². The smallest absolute Gasteiger partial charge is 0.311 e. The van der Waals surface area contributed by atoms with E-state index >= 15 is 0 Å². The highest BCUT2D eigenvalue weighted by Crippen LogP contribution is 2.39. The van der Waals surface area contributed by atoms with Crippen molar-refractivity contribution in [1.82, 2.24) is 0 Å². The van der Waals surface area contributed by atoms with E-state index in [1.54, 1.807) is 12.1 Å². The molecular formula is C17H24N2O5. The standard InChI is InChI=1S/C17H24N2O5/c1-17(2,16(21)24-3)13-5-4-8-18(10-13)15-9-12(11-20)6-7-14(15)19(22)23/h6-7,9,13,20H,4-5,8,10-11H2,1-3H3. The number of aliphatic hydroxyl groups is 1. The quantitative estimate of drug-likeness (QED) is 0.504. The number of benzene rings is 1. The Morgan fingerprint density at radius 2 is 2.21 bits per heavy atom. The number of methoxy groups -OCH3 is 1. The van der Waals surface area contributed by atoms with Gasteiger partial charge >= 0.3 is 5.97 Å². The number of nitrogens with zero attached hydrogens (tertiary/aromatic N) is 2. The van der Waals surface area contributed by atoms with E-state index in [1.165, 1.54) is 13.2 Å². The molecule has 132 valence electrons. The number of carbonyl (C=O) groups excluding carboxylic acids is 1. The van der Waals surface area contributed by atoms with Gasteiger partial charge in [0.1, 0.15) is 5.69 Å². The second-order valence-corrected chi connectivity index (χ2v) is 6.74. The van der Waals surface area contributed by atoms with E-state index in [9.17, 15) is 20.0 Å². The zero-order valence-corrected chi connectivity index (χ0v) is 14.3. The SMILES string of the molecule is COC(=O)C(C)(C)C1CCCN(c2cc(CO)ccc2[N+](=O)[O-])C1. The predicted octanol–water partition coefficient (Wildman–Crippen LogP) is 2.50. The van der Waals surface area contributed by atoms with Crippen molar-refractivity contribution < 1.29 is 19.6 Å². The van der Waals surface area contributed by atoms with Gasteiger partial charge in [-0.2, -0.15) is 0 Å². The van der Waals surface area contributed by atoms with Crippen LogP contribution in [0.5, 0.6) is 0 Å². The Bertz CT molecular complexity index is 629. The summed E-state index contributed by atoms with van der Waals surface area (Å²) in [5.41, 5.74) is 0.488. The molecule has 1 saturated heterocycles. The van der Waals surface area contributed by atoms with Crippen molar-refractivity contribution >= 4 is 17.3 Å². The van der Waals surface area contributed by atoms with E-state index in [0.29, 0.717) is 24.3 Å². The average Bonchev–Trinajstić information content (AvgIpc) is 2.60. The third kappa shape index (κ3) is 3.51. The number of esters is 1. The topological polar surface area (TPSA) is 92.9 Å². The summed E-state index contributed by atoms with van der Waals surface area (Å²) in [6.07, 6.45) is 1.71. The summed E-state index contributed by atoms with van der Waals surface area (Å²) in [4.78, 5) is 24.9. The molecule has 0 spiro atoms. The molecule has 0 aliphatic carbocycles. The Labute approximate surface area is 141 Å². The van der Waals surface area contributed by atoms with Gasteiger partial charge in [0, 0.05) is 19.2 Å². The number of piperidine rings is 1. The second-order valence-electron chi connectivity index (χ2n) is 6.74. The summed E-state index contributed by atoms with van der Waals surface area (Å²) in [7, 11) is 1.38. The molecule has 0 bridgehead atoms. The Morgan fingerprint density at radius 3 is 2.79 bits per heavy atom. The summed E-state index contributed by atoms with van der Waals surface area (Å²) < 4.78 is 4.91. The molecule has 1 unspecified atom stereocenters. The van der Waals surface area contributed by atoms with E-state index in [-0.39, 0.29) is 24.2 Å². The maximum Gasteiger partial charge on any atom is 0.311 e. The van der Waals surface area contributed by atoms with Gasteiger partial charge in [-0.25, -0.2) is 0 Å². The lowest BCUT2D eigenvalue weighted by molar-refractivity contribution is -0.384. The molecule has 7 heteroatoms. The van der Waals surface area contributed by atoms with Gasteiger partial charge in [-0.05, 0) is 50.3 Å². The number of nitro groups is 1. The van der Waals surface area contributed by atoms with Gasteiger partial charge in [0.15, 0.2) is 0 Å². The molecular weight excluding hydrogens is 312 g/mol. The highest BCUT2D eigenvalue weighted by atomic mass is 16.6. The van der Waals surface area contributed by atoms with Gasteiger partial charge in [0.05, 0.1) is 24.1 Å². The number of anilines is 1. The van der Waals surface area contributed by atoms with E-state index in [4.69, 9.17) is 4.74 Å². The molecule has 1 aliphatic rings. The number of hydrogen-bond acceptors (Lipinski definition) is 6. The number of nitro benzene ring substituents is 1. The molecule has 0 amide bonds. The summed E-state index contributed by atoms with van der Waals surface area (Å²) in [5.74, 6) is -0.232. The number of carbonyl (C=O) groups is 1. The van der Waals surface area contributed by atoms with E-state index in [0.717, 1.165) is 12.8 Å². The van der Waals surface area contributed by atoms with Crippen molar-refractivity contribution in [2.24, 2.45) is 11.3 Å². The number of ether oxygens (including phenoxy) is 1. The molecule has 1 N–H and O–H groups in total. The number of rotatable bonds is 5. The Balaban J connectivity index is 2.32. The van der Waals surface area contributed by atoms with Crippen molar-refractivity contribution in [3.05, 3.63) is 33.9 Å². The van der Waals surface area contributed by atoms with Crippen LogP contribution < -0.4 is 4.90 Å². The summed E-state index contributed by atoms with van der Waals surface area (Å²) >= 11 is 0. The summed E-state index contributed by atoms with van der Waals surface area (Å²) in [5, 5.41) is 20.7. The molecule has 24 heavy (non-hydrogen) atoms. The maximum absolute atomic E-state index is 12.1. The fraction of sp³-hybridized carbons (Fsp3) is 0.588. The normalized spacial score (nSPS) is 18.3. The van der Waals surface area contributed by atoms with Gasteiger partial charge in [-0.3, -0.25) is 14.9 Å². The first-order chi connectivity index (χ1) is 11.3. The second kappa shape index (κ2) is 7.17. The average molecular weight is 336 g/mol. The van der Waals surface area contributed by atoms with Crippen LogP contribution in [0.4, 0.5) is 11.4 Å². The van der Waals surface area contributed by atoms with E-state index in [2.05, 4.69) is 0 Å². The van der Waals surface area contributed by atoms with Crippen LogP contribution in [0.15, 0.2) is 18.2 Å². The maximum atomic E-state index is 12.1. The highest BCUT2D eigenvalue weighted by Gasteiger charge is 2.40. The Hall–Kier alpha value is -2.15. The fourth-order valence-electron chi connectivity index (χ4n) is 3.29. The monoisotopic (exact) mass is 336 g/mol. The molecule has 0 radical (unpaired) electrons. The van der Waals surface area contributed by atoms with Gasteiger partial charge in [-0.15, -0.1) is 0 Å². The first-order valence-electron chi connectivity index (χ1n) is 8.02. The van der Waals surface area contributed by atoms with Crippen LogP contribution in [-0.4, -0.2) is 36.2 Å². The molecule has 0 saturated carbocycles. The molecule has 2 rings (SSSR count). The lowest BCUT2D eigenvalue weighted by Crippen LogP contribution is -2.45. The summed E-state index contributed by atoms with van der Waals surface area (Å²) in [6, 6.07) is 4.64. The lowest BCUT2D eigenvalue weighted by Gasteiger charge is -2.40. The zero-order valence-electron chi connectivity index (χ0n) is 14.3. The molecule has 1 aromatic carbocycles. The van der Waals surface area contributed by atoms with Gasteiger partial charge < -0.3 is 14.7 Å². The molecule has 0 aromatic heterocycles. The third-order valence-corrected chi connectivity index (χ3v) is 4.91. The Morgan fingerprint density at radius 1 is 1.50 bits per heavy atom. The van der Waals surface area contributed by atoms with Gasteiger partial charge in [0.2, 0.25) is 0 Å². The van der Waals surface area contributed by atoms with Gasteiger partial charge in [-0.1, -0.05) is 0 Å². The third-order valence-electron chi connectivity index (χ3n) is 4.91. The number of aliphatic hydroxyl groups excluding tert-OH is 1. The van der Waals surface area contributed by atoms with Crippen LogP contribution in [-0.2, 0) is 16.1 Å². The largest absolute Gasteiger partial charge is 0.469 e.